The molecule has 2 nitrogen and oxygen atoms in total. The van der Waals surface area contributed by atoms with E-state index in [0.29, 0.717) is 11.1 Å². The highest BCUT2D eigenvalue weighted by atomic mass is 79.9. The van der Waals surface area contributed by atoms with E-state index in [2.05, 4.69) is 15.9 Å². The van der Waals surface area contributed by atoms with Crippen molar-refractivity contribution in [2.45, 2.75) is 32.2 Å². The van der Waals surface area contributed by atoms with Crippen LogP contribution in [0.3, 0.4) is 0 Å². The number of hydrogen-bond acceptors (Lipinski definition) is 2. The summed E-state index contributed by atoms with van der Waals surface area (Å²) in [5.41, 5.74) is 0.947. The first kappa shape index (κ1) is 12.0. The lowest BCUT2D eigenvalue weighted by molar-refractivity contribution is -0.168. The molecule has 0 N–H and O–H groups in total. The molecule has 1 aliphatic heterocycles. The molecule has 0 aromatic heterocycles. The molecule has 0 bridgehead atoms. The minimum atomic E-state index is -0.252. The largest absolute Gasteiger partial charge is 0.353 e. The Labute approximate surface area is 103 Å². The van der Waals surface area contributed by atoms with E-state index in [1.807, 2.05) is 0 Å². The van der Waals surface area contributed by atoms with Gasteiger partial charge in [-0.3, -0.25) is 0 Å². The van der Waals surface area contributed by atoms with Crippen LogP contribution < -0.4 is 0 Å². The van der Waals surface area contributed by atoms with Gasteiger partial charge in [0.1, 0.15) is 5.82 Å². The van der Waals surface area contributed by atoms with Crippen LogP contribution >= 0.6 is 15.9 Å². The molecule has 0 spiro atoms. The maximum absolute atomic E-state index is 13.0. The molecule has 1 heterocycles. The van der Waals surface area contributed by atoms with Gasteiger partial charge in [0, 0.05) is 6.61 Å². The molecule has 0 aliphatic carbocycles. The first-order valence-electron chi connectivity index (χ1n) is 5.43. The van der Waals surface area contributed by atoms with E-state index < -0.39 is 0 Å². The first-order valence-corrected chi connectivity index (χ1v) is 6.22. The van der Waals surface area contributed by atoms with Gasteiger partial charge in [0.25, 0.3) is 0 Å². The van der Waals surface area contributed by atoms with Gasteiger partial charge >= 0.3 is 0 Å². The summed E-state index contributed by atoms with van der Waals surface area (Å²) >= 11 is 3.15. The Morgan fingerprint density at radius 3 is 3.00 bits per heavy atom. The molecule has 1 atom stereocenters. The molecule has 1 saturated heterocycles. The summed E-state index contributed by atoms with van der Waals surface area (Å²) in [4.78, 5) is 0. The van der Waals surface area contributed by atoms with Crippen molar-refractivity contribution in [3.8, 4) is 0 Å². The van der Waals surface area contributed by atoms with E-state index in [1.165, 1.54) is 6.07 Å². The number of rotatable bonds is 3. The fourth-order valence-corrected chi connectivity index (χ4v) is 2.09. The second kappa shape index (κ2) is 5.75. The van der Waals surface area contributed by atoms with Crippen LogP contribution in [0.4, 0.5) is 4.39 Å². The maximum atomic E-state index is 13.0. The van der Waals surface area contributed by atoms with Crippen molar-refractivity contribution < 1.29 is 13.9 Å². The van der Waals surface area contributed by atoms with Gasteiger partial charge in [0.15, 0.2) is 6.29 Å². The van der Waals surface area contributed by atoms with Gasteiger partial charge in [-0.1, -0.05) is 6.07 Å². The van der Waals surface area contributed by atoms with Gasteiger partial charge in [0.2, 0.25) is 0 Å². The van der Waals surface area contributed by atoms with Crippen LogP contribution in [0.1, 0.15) is 24.8 Å². The summed E-state index contributed by atoms with van der Waals surface area (Å²) < 4.78 is 24.5. The van der Waals surface area contributed by atoms with Crippen LogP contribution in [-0.2, 0) is 16.1 Å². The van der Waals surface area contributed by atoms with Crippen molar-refractivity contribution in [1.82, 2.24) is 0 Å². The highest BCUT2D eigenvalue weighted by molar-refractivity contribution is 9.10. The minimum Gasteiger partial charge on any atom is -0.353 e. The lowest BCUT2D eigenvalue weighted by Crippen LogP contribution is -2.21. The molecule has 0 radical (unpaired) electrons. The molecule has 0 amide bonds. The van der Waals surface area contributed by atoms with Crippen molar-refractivity contribution in [2.24, 2.45) is 0 Å². The molecule has 1 aliphatic rings. The van der Waals surface area contributed by atoms with Crippen molar-refractivity contribution in [1.29, 1.82) is 0 Å². The quantitative estimate of drug-likeness (QED) is 0.846. The Kier molecular flexibility index (Phi) is 4.32. The minimum absolute atomic E-state index is 0.0995. The monoisotopic (exact) mass is 288 g/mol. The maximum Gasteiger partial charge on any atom is 0.158 e. The van der Waals surface area contributed by atoms with Crippen molar-refractivity contribution in [3.63, 3.8) is 0 Å². The number of hydrogen-bond donors (Lipinski definition) is 0. The number of halogens is 2. The third-order valence-electron chi connectivity index (χ3n) is 2.56. The number of benzene rings is 1. The smallest absolute Gasteiger partial charge is 0.158 e. The fourth-order valence-electron chi connectivity index (χ4n) is 1.66. The molecule has 4 heteroatoms. The van der Waals surface area contributed by atoms with E-state index in [9.17, 15) is 4.39 Å². The average Bonchev–Trinajstić information content (AvgIpc) is 2.32. The molecular weight excluding hydrogens is 275 g/mol. The van der Waals surface area contributed by atoms with Crippen LogP contribution in [0.15, 0.2) is 22.7 Å². The van der Waals surface area contributed by atoms with Crippen molar-refractivity contribution in [2.75, 3.05) is 6.61 Å². The molecule has 88 valence electrons. The van der Waals surface area contributed by atoms with Crippen molar-refractivity contribution in [3.05, 3.63) is 34.1 Å². The molecule has 2 rings (SSSR count). The van der Waals surface area contributed by atoms with Crippen LogP contribution in [-0.4, -0.2) is 12.9 Å². The standard InChI is InChI=1S/C12H14BrFO2/c13-10-7-9(4-5-11(10)14)8-16-12-3-1-2-6-15-12/h4-5,7,12H,1-3,6,8H2. The van der Waals surface area contributed by atoms with E-state index in [1.54, 1.807) is 12.1 Å². The van der Waals surface area contributed by atoms with Crippen LogP contribution in [0.2, 0.25) is 0 Å². The summed E-state index contributed by atoms with van der Waals surface area (Å²) in [5.74, 6) is -0.252. The molecule has 1 unspecified atom stereocenters. The van der Waals surface area contributed by atoms with Gasteiger partial charge in [0.05, 0.1) is 11.1 Å². The Bertz CT molecular complexity index is 351. The summed E-state index contributed by atoms with van der Waals surface area (Å²) in [6, 6.07) is 4.89. The lowest BCUT2D eigenvalue weighted by atomic mass is 10.2. The fraction of sp³-hybridized carbons (Fsp3) is 0.500. The topological polar surface area (TPSA) is 18.5 Å². The molecule has 1 aromatic carbocycles. The zero-order chi connectivity index (χ0) is 11.4. The normalized spacial score (nSPS) is 21.0. The Morgan fingerprint density at radius 1 is 1.44 bits per heavy atom. The van der Waals surface area contributed by atoms with Gasteiger partial charge < -0.3 is 9.47 Å². The second-order valence-corrected chi connectivity index (χ2v) is 4.71. The zero-order valence-electron chi connectivity index (χ0n) is 8.92. The van der Waals surface area contributed by atoms with Gasteiger partial charge in [-0.25, -0.2) is 4.39 Å². The summed E-state index contributed by atoms with van der Waals surface area (Å²) in [6.45, 7) is 1.24. The summed E-state index contributed by atoms with van der Waals surface area (Å²) in [6.07, 6.45) is 3.11. The van der Waals surface area contributed by atoms with E-state index in [0.717, 1.165) is 31.4 Å². The summed E-state index contributed by atoms with van der Waals surface area (Å²) in [5, 5.41) is 0. The predicted molar refractivity (Wildman–Crippen MR) is 62.5 cm³/mol. The van der Waals surface area contributed by atoms with Crippen LogP contribution in [0.5, 0.6) is 0 Å². The second-order valence-electron chi connectivity index (χ2n) is 3.86. The Balaban J connectivity index is 1.86. The van der Waals surface area contributed by atoms with Crippen LogP contribution in [0, 0.1) is 5.82 Å². The molecule has 16 heavy (non-hydrogen) atoms. The molecule has 1 aromatic rings. The molecular formula is C12H14BrFO2. The zero-order valence-corrected chi connectivity index (χ0v) is 10.5. The Hall–Kier alpha value is -0.450. The summed E-state index contributed by atoms with van der Waals surface area (Å²) in [7, 11) is 0. The molecule has 0 saturated carbocycles. The van der Waals surface area contributed by atoms with E-state index >= 15 is 0 Å². The highest BCUT2D eigenvalue weighted by Crippen LogP contribution is 2.19. The van der Waals surface area contributed by atoms with Gasteiger partial charge in [-0.05, 0) is 52.9 Å². The Morgan fingerprint density at radius 2 is 2.31 bits per heavy atom. The third kappa shape index (κ3) is 3.27. The lowest BCUT2D eigenvalue weighted by Gasteiger charge is -2.22. The van der Waals surface area contributed by atoms with Crippen LogP contribution in [0.25, 0.3) is 0 Å². The van der Waals surface area contributed by atoms with Gasteiger partial charge in [-0.15, -0.1) is 0 Å². The van der Waals surface area contributed by atoms with Crippen molar-refractivity contribution >= 4 is 15.9 Å². The predicted octanol–water partition coefficient (Wildman–Crippen LogP) is 3.63. The highest BCUT2D eigenvalue weighted by Gasteiger charge is 2.14. The van der Waals surface area contributed by atoms with Gasteiger partial charge in [-0.2, -0.15) is 0 Å². The number of ether oxygens (including phenoxy) is 2. The van der Waals surface area contributed by atoms with E-state index in [-0.39, 0.29) is 12.1 Å². The van der Waals surface area contributed by atoms with E-state index in [4.69, 9.17) is 9.47 Å². The first-order chi connectivity index (χ1) is 7.75. The SMILES string of the molecule is Fc1ccc(COC2CCCCO2)cc1Br. The molecule has 1 fully saturated rings. The average molecular weight is 289 g/mol. The third-order valence-corrected chi connectivity index (χ3v) is 3.17.